The maximum atomic E-state index is 12.1. The lowest BCUT2D eigenvalue weighted by molar-refractivity contribution is -0.141. The molecular formula is C18H22N2O4. The standard InChI is InChI=1S/C18H22N2O4/c21-13-5-6-15-14(9-13)12(10-19-15)8-16(18(23)24)20-17(22)7-11-3-1-2-4-11/h5-6,9-11,16,19,21H,1-4,7-8H2,(H,20,22)(H,23,24). The summed E-state index contributed by atoms with van der Waals surface area (Å²) in [5, 5.41) is 22.5. The Labute approximate surface area is 139 Å². The van der Waals surface area contributed by atoms with E-state index in [9.17, 15) is 19.8 Å². The zero-order chi connectivity index (χ0) is 17.1. The molecule has 2 aromatic rings. The van der Waals surface area contributed by atoms with Crippen LogP contribution in [-0.4, -0.2) is 33.1 Å². The SMILES string of the molecule is O=C(CC1CCCC1)NC(Cc1c[nH]c2ccc(O)cc12)C(=O)O. The molecule has 1 heterocycles. The van der Waals surface area contributed by atoms with Gasteiger partial charge in [-0.3, -0.25) is 4.79 Å². The van der Waals surface area contributed by atoms with Crippen molar-refractivity contribution in [3.8, 4) is 5.75 Å². The molecule has 0 radical (unpaired) electrons. The molecule has 0 saturated heterocycles. The largest absolute Gasteiger partial charge is 0.508 e. The number of amides is 1. The van der Waals surface area contributed by atoms with Crippen LogP contribution in [0.15, 0.2) is 24.4 Å². The Morgan fingerprint density at radius 2 is 2.04 bits per heavy atom. The zero-order valence-electron chi connectivity index (χ0n) is 13.4. The Morgan fingerprint density at radius 1 is 1.29 bits per heavy atom. The van der Waals surface area contributed by atoms with Gasteiger partial charge in [-0.15, -0.1) is 0 Å². The fraction of sp³-hybridized carbons (Fsp3) is 0.444. The molecule has 1 aliphatic carbocycles. The van der Waals surface area contributed by atoms with Crippen LogP contribution >= 0.6 is 0 Å². The highest BCUT2D eigenvalue weighted by Crippen LogP contribution is 2.27. The summed E-state index contributed by atoms with van der Waals surface area (Å²) in [7, 11) is 0. The van der Waals surface area contributed by atoms with Crippen LogP contribution in [0.1, 0.15) is 37.7 Å². The maximum Gasteiger partial charge on any atom is 0.326 e. The highest BCUT2D eigenvalue weighted by Gasteiger charge is 2.24. The second kappa shape index (κ2) is 6.95. The lowest BCUT2D eigenvalue weighted by atomic mass is 10.0. The molecule has 1 atom stereocenters. The van der Waals surface area contributed by atoms with Gasteiger partial charge >= 0.3 is 5.97 Å². The van der Waals surface area contributed by atoms with Gasteiger partial charge in [-0.1, -0.05) is 12.8 Å². The summed E-state index contributed by atoms with van der Waals surface area (Å²) in [5.74, 6) is -0.744. The third kappa shape index (κ3) is 3.69. The molecule has 1 amide bonds. The average Bonchev–Trinajstić information content (AvgIpc) is 3.16. The van der Waals surface area contributed by atoms with Crippen molar-refractivity contribution in [1.82, 2.24) is 10.3 Å². The summed E-state index contributed by atoms with van der Waals surface area (Å²) < 4.78 is 0. The molecule has 24 heavy (non-hydrogen) atoms. The number of carboxylic acids is 1. The number of aromatic nitrogens is 1. The molecule has 1 aromatic carbocycles. The number of phenols is 1. The summed E-state index contributed by atoms with van der Waals surface area (Å²) in [5.41, 5.74) is 1.58. The summed E-state index contributed by atoms with van der Waals surface area (Å²) >= 11 is 0. The molecule has 1 aromatic heterocycles. The monoisotopic (exact) mass is 330 g/mol. The number of hydrogen-bond acceptors (Lipinski definition) is 3. The zero-order valence-corrected chi connectivity index (χ0v) is 13.4. The lowest BCUT2D eigenvalue weighted by Crippen LogP contribution is -2.42. The summed E-state index contributed by atoms with van der Waals surface area (Å²) in [6, 6.07) is 3.93. The summed E-state index contributed by atoms with van der Waals surface area (Å²) in [4.78, 5) is 26.7. The van der Waals surface area contributed by atoms with Crippen molar-refractivity contribution in [2.24, 2.45) is 5.92 Å². The molecule has 6 nitrogen and oxygen atoms in total. The fourth-order valence-electron chi connectivity index (χ4n) is 3.49. The van der Waals surface area contributed by atoms with Crippen molar-refractivity contribution >= 4 is 22.8 Å². The van der Waals surface area contributed by atoms with Gasteiger partial charge in [0.15, 0.2) is 0 Å². The van der Waals surface area contributed by atoms with E-state index in [1.54, 1.807) is 24.4 Å². The van der Waals surface area contributed by atoms with Crippen molar-refractivity contribution in [3.63, 3.8) is 0 Å². The Kier molecular flexibility index (Phi) is 4.74. The van der Waals surface area contributed by atoms with E-state index < -0.39 is 12.0 Å². The predicted octanol–water partition coefficient (Wildman–Crippen LogP) is 2.57. The van der Waals surface area contributed by atoms with Crippen LogP contribution in [0.3, 0.4) is 0 Å². The van der Waals surface area contributed by atoms with E-state index in [-0.39, 0.29) is 18.1 Å². The first-order valence-electron chi connectivity index (χ1n) is 8.34. The number of H-pyrrole nitrogens is 1. The van der Waals surface area contributed by atoms with Crippen LogP contribution in [0.2, 0.25) is 0 Å². The molecule has 0 bridgehead atoms. The highest BCUT2D eigenvalue weighted by molar-refractivity contribution is 5.87. The van der Waals surface area contributed by atoms with Gasteiger partial charge in [-0.25, -0.2) is 4.79 Å². The van der Waals surface area contributed by atoms with Gasteiger partial charge in [0.25, 0.3) is 0 Å². The summed E-state index contributed by atoms with van der Waals surface area (Å²) in [6.45, 7) is 0. The van der Waals surface area contributed by atoms with Crippen LogP contribution < -0.4 is 5.32 Å². The third-order valence-electron chi connectivity index (χ3n) is 4.76. The molecular weight excluding hydrogens is 308 g/mol. The minimum absolute atomic E-state index is 0.125. The first-order valence-corrected chi connectivity index (χ1v) is 8.34. The van der Waals surface area contributed by atoms with Crippen molar-refractivity contribution in [1.29, 1.82) is 0 Å². The van der Waals surface area contributed by atoms with Gasteiger partial charge in [-0.2, -0.15) is 0 Å². The Morgan fingerprint density at radius 3 is 2.75 bits per heavy atom. The average molecular weight is 330 g/mol. The molecule has 1 aliphatic rings. The molecule has 1 saturated carbocycles. The van der Waals surface area contributed by atoms with Crippen molar-refractivity contribution < 1.29 is 19.8 Å². The minimum Gasteiger partial charge on any atom is -0.508 e. The van der Waals surface area contributed by atoms with Crippen LogP contribution in [0, 0.1) is 5.92 Å². The number of nitrogens with one attached hydrogen (secondary N) is 2. The highest BCUT2D eigenvalue weighted by atomic mass is 16.4. The molecule has 1 unspecified atom stereocenters. The van der Waals surface area contributed by atoms with Gasteiger partial charge < -0.3 is 20.5 Å². The van der Waals surface area contributed by atoms with E-state index in [4.69, 9.17) is 0 Å². The number of aromatic hydroxyl groups is 1. The Hall–Kier alpha value is -2.50. The van der Waals surface area contributed by atoms with Crippen LogP contribution in [0.5, 0.6) is 5.75 Å². The number of fused-ring (bicyclic) bond motifs is 1. The number of carbonyl (C=O) groups is 2. The van der Waals surface area contributed by atoms with Crippen LogP contribution in [-0.2, 0) is 16.0 Å². The second-order valence-corrected chi connectivity index (χ2v) is 6.56. The number of aromatic amines is 1. The topological polar surface area (TPSA) is 102 Å². The minimum atomic E-state index is -1.05. The van der Waals surface area contributed by atoms with E-state index in [0.29, 0.717) is 12.3 Å². The van der Waals surface area contributed by atoms with Crippen molar-refractivity contribution in [2.45, 2.75) is 44.6 Å². The lowest BCUT2D eigenvalue weighted by Gasteiger charge is -2.16. The van der Waals surface area contributed by atoms with Crippen LogP contribution in [0.25, 0.3) is 10.9 Å². The first kappa shape index (κ1) is 16.4. The van der Waals surface area contributed by atoms with Crippen molar-refractivity contribution in [3.05, 3.63) is 30.0 Å². The quantitative estimate of drug-likeness (QED) is 0.653. The third-order valence-corrected chi connectivity index (χ3v) is 4.76. The smallest absolute Gasteiger partial charge is 0.326 e. The molecule has 0 spiro atoms. The van der Waals surface area contributed by atoms with Crippen molar-refractivity contribution in [2.75, 3.05) is 0 Å². The van der Waals surface area contributed by atoms with Gasteiger partial charge in [0, 0.05) is 29.9 Å². The normalized spacial score (nSPS) is 16.3. The van der Waals surface area contributed by atoms with E-state index >= 15 is 0 Å². The van der Waals surface area contributed by atoms with Crippen LogP contribution in [0.4, 0.5) is 0 Å². The summed E-state index contributed by atoms with van der Waals surface area (Å²) in [6.07, 6.45) is 6.70. The number of aliphatic carboxylic acids is 1. The number of rotatable bonds is 6. The number of carbonyl (C=O) groups excluding carboxylic acids is 1. The van der Waals surface area contributed by atoms with E-state index in [1.165, 1.54) is 0 Å². The number of hydrogen-bond donors (Lipinski definition) is 4. The fourth-order valence-corrected chi connectivity index (χ4v) is 3.49. The van der Waals surface area contributed by atoms with Gasteiger partial charge in [0.2, 0.25) is 5.91 Å². The molecule has 4 N–H and O–H groups in total. The molecule has 0 aliphatic heterocycles. The Bertz CT molecular complexity index is 747. The second-order valence-electron chi connectivity index (χ2n) is 6.56. The molecule has 128 valence electrons. The molecule has 3 rings (SSSR count). The van der Waals surface area contributed by atoms with E-state index in [1.807, 2.05) is 0 Å². The first-order chi connectivity index (χ1) is 11.5. The molecule has 1 fully saturated rings. The van der Waals surface area contributed by atoms with Gasteiger partial charge in [0.05, 0.1) is 0 Å². The predicted molar refractivity (Wildman–Crippen MR) is 89.8 cm³/mol. The maximum absolute atomic E-state index is 12.1. The van der Waals surface area contributed by atoms with Gasteiger partial charge in [-0.05, 0) is 42.5 Å². The Balaban J connectivity index is 1.69. The molecule has 6 heteroatoms. The number of benzene rings is 1. The number of carboxylic acid groups (broad SMARTS) is 1. The van der Waals surface area contributed by atoms with Gasteiger partial charge in [0.1, 0.15) is 11.8 Å². The van der Waals surface area contributed by atoms with E-state index in [0.717, 1.165) is 42.1 Å². The van der Waals surface area contributed by atoms with E-state index in [2.05, 4.69) is 10.3 Å². The number of phenolic OH excluding ortho intramolecular Hbond substituents is 1.